The van der Waals surface area contributed by atoms with Gasteiger partial charge in [0.15, 0.2) is 0 Å². The number of rotatable bonds is 6. The quantitative estimate of drug-likeness (QED) is 0.771. The molecule has 0 amide bonds. The van der Waals surface area contributed by atoms with Gasteiger partial charge >= 0.3 is 0 Å². The first-order chi connectivity index (χ1) is 9.83. The summed E-state index contributed by atoms with van der Waals surface area (Å²) in [5.74, 6) is 0.845. The third kappa shape index (κ3) is 3.86. The van der Waals surface area contributed by atoms with Crippen molar-refractivity contribution in [3.05, 3.63) is 65.2 Å². The molecule has 0 unspecified atom stereocenters. The smallest absolute Gasteiger partial charge is 0.119 e. The molecule has 0 aliphatic rings. The number of unbranched alkanes of at least 4 members (excludes halogenated alkanes) is 1. The number of benzene rings is 2. The average Bonchev–Trinajstić information content (AvgIpc) is 2.52. The second-order valence-corrected chi connectivity index (χ2v) is 4.81. The Kier molecular flexibility index (Phi) is 5.20. The van der Waals surface area contributed by atoms with Crippen LogP contribution in [-0.2, 0) is 13.0 Å². The maximum absolute atomic E-state index is 9.03. The summed E-state index contributed by atoms with van der Waals surface area (Å²) in [4.78, 5) is 0. The van der Waals surface area contributed by atoms with Crippen LogP contribution in [0.5, 0.6) is 5.75 Å². The fourth-order valence-electron chi connectivity index (χ4n) is 2.05. The zero-order valence-corrected chi connectivity index (χ0v) is 11.8. The van der Waals surface area contributed by atoms with Gasteiger partial charge in [-0.15, -0.1) is 0 Å². The van der Waals surface area contributed by atoms with E-state index in [1.165, 1.54) is 18.4 Å². The first kappa shape index (κ1) is 14.1. The van der Waals surface area contributed by atoms with Crippen molar-refractivity contribution in [3.63, 3.8) is 0 Å². The molecule has 2 nitrogen and oxygen atoms in total. The zero-order valence-electron chi connectivity index (χ0n) is 11.8. The largest absolute Gasteiger partial charge is 0.489 e. The van der Waals surface area contributed by atoms with Gasteiger partial charge in [-0.25, -0.2) is 0 Å². The van der Waals surface area contributed by atoms with Gasteiger partial charge in [-0.05, 0) is 36.6 Å². The lowest BCUT2D eigenvalue weighted by Gasteiger charge is -2.08. The van der Waals surface area contributed by atoms with Crippen molar-refractivity contribution in [1.29, 1.82) is 5.26 Å². The standard InChI is InChI=1S/C18H19NO/c1-2-3-6-15-9-11-18(12-10-15)20-14-17-8-5-4-7-16(17)13-19/h4-5,7-12H,2-3,6,14H2,1H3. The van der Waals surface area contributed by atoms with Crippen molar-refractivity contribution in [2.45, 2.75) is 32.8 Å². The van der Waals surface area contributed by atoms with Crippen LogP contribution in [0, 0.1) is 11.3 Å². The Morgan fingerprint density at radius 1 is 1.05 bits per heavy atom. The molecule has 2 aromatic rings. The summed E-state index contributed by atoms with van der Waals surface area (Å²) >= 11 is 0. The van der Waals surface area contributed by atoms with Crippen molar-refractivity contribution >= 4 is 0 Å². The predicted octanol–water partition coefficient (Wildman–Crippen LogP) is 4.48. The second kappa shape index (κ2) is 7.35. The zero-order chi connectivity index (χ0) is 14.2. The van der Waals surface area contributed by atoms with Crippen molar-refractivity contribution in [1.82, 2.24) is 0 Å². The van der Waals surface area contributed by atoms with E-state index in [0.717, 1.165) is 17.7 Å². The Morgan fingerprint density at radius 3 is 2.50 bits per heavy atom. The van der Waals surface area contributed by atoms with Gasteiger partial charge in [0.2, 0.25) is 0 Å². The lowest BCUT2D eigenvalue weighted by Crippen LogP contribution is -1.98. The molecule has 2 aromatic carbocycles. The molecule has 20 heavy (non-hydrogen) atoms. The van der Waals surface area contributed by atoms with Gasteiger partial charge in [-0.2, -0.15) is 5.26 Å². The van der Waals surface area contributed by atoms with E-state index in [1.807, 2.05) is 36.4 Å². The van der Waals surface area contributed by atoms with Crippen LogP contribution >= 0.6 is 0 Å². The number of nitriles is 1. The van der Waals surface area contributed by atoms with Gasteiger partial charge in [0, 0.05) is 5.56 Å². The molecule has 2 heteroatoms. The molecular formula is C18H19NO. The van der Waals surface area contributed by atoms with Crippen LogP contribution in [0.3, 0.4) is 0 Å². The lowest BCUT2D eigenvalue weighted by atomic mass is 10.1. The third-order valence-corrected chi connectivity index (χ3v) is 3.27. The van der Waals surface area contributed by atoms with E-state index >= 15 is 0 Å². The minimum absolute atomic E-state index is 0.429. The van der Waals surface area contributed by atoms with Crippen molar-refractivity contribution < 1.29 is 4.74 Å². The van der Waals surface area contributed by atoms with E-state index < -0.39 is 0 Å². The second-order valence-electron chi connectivity index (χ2n) is 4.81. The van der Waals surface area contributed by atoms with E-state index in [4.69, 9.17) is 10.00 Å². The fourth-order valence-corrected chi connectivity index (χ4v) is 2.05. The summed E-state index contributed by atoms with van der Waals surface area (Å²) < 4.78 is 5.74. The van der Waals surface area contributed by atoms with Gasteiger partial charge in [0.1, 0.15) is 12.4 Å². The Morgan fingerprint density at radius 2 is 1.80 bits per heavy atom. The van der Waals surface area contributed by atoms with Gasteiger partial charge in [0.25, 0.3) is 0 Å². The summed E-state index contributed by atoms with van der Waals surface area (Å²) in [5, 5.41) is 9.03. The highest BCUT2D eigenvalue weighted by atomic mass is 16.5. The van der Waals surface area contributed by atoms with E-state index in [2.05, 4.69) is 25.1 Å². The highest BCUT2D eigenvalue weighted by molar-refractivity contribution is 5.37. The molecule has 0 spiro atoms. The summed E-state index contributed by atoms with van der Waals surface area (Å²) in [6.45, 7) is 2.63. The number of nitrogens with zero attached hydrogens (tertiary/aromatic N) is 1. The van der Waals surface area contributed by atoms with Crippen molar-refractivity contribution in [3.8, 4) is 11.8 Å². The molecule has 0 aliphatic heterocycles. The predicted molar refractivity (Wildman–Crippen MR) is 80.5 cm³/mol. The van der Waals surface area contributed by atoms with Crippen LogP contribution < -0.4 is 4.74 Å². The third-order valence-electron chi connectivity index (χ3n) is 3.27. The molecule has 2 rings (SSSR count). The summed E-state index contributed by atoms with van der Waals surface area (Å²) in [5.41, 5.74) is 2.94. The topological polar surface area (TPSA) is 33.0 Å². The Hall–Kier alpha value is -2.27. The van der Waals surface area contributed by atoms with Crippen molar-refractivity contribution in [2.24, 2.45) is 0 Å². The molecule has 0 radical (unpaired) electrons. The first-order valence-electron chi connectivity index (χ1n) is 7.03. The molecule has 0 heterocycles. The van der Waals surface area contributed by atoms with Crippen LogP contribution in [0.25, 0.3) is 0 Å². The normalized spacial score (nSPS) is 10.0. The molecule has 0 saturated carbocycles. The van der Waals surface area contributed by atoms with E-state index in [9.17, 15) is 0 Å². The Labute approximate surface area is 120 Å². The number of hydrogen-bond donors (Lipinski definition) is 0. The van der Waals surface area contributed by atoms with Gasteiger partial charge in [-0.3, -0.25) is 0 Å². The average molecular weight is 265 g/mol. The summed E-state index contributed by atoms with van der Waals surface area (Å²) in [6.07, 6.45) is 3.55. The Bertz CT molecular complexity index is 581. The molecule has 0 N–H and O–H groups in total. The Balaban J connectivity index is 1.95. The fraction of sp³-hybridized carbons (Fsp3) is 0.278. The van der Waals surface area contributed by atoms with Crippen LogP contribution in [0.4, 0.5) is 0 Å². The maximum atomic E-state index is 9.03. The molecule has 0 bridgehead atoms. The van der Waals surface area contributed by atoms with Crippen LogP contribution in [0.2, 0.25) is 0 Å². The highest BCUT2D eigenvalue weighted by Gasteiger charge is 2.02. The van der Waals surface area contributed by atoms with E-state index in [-0.39, 0.29) is 0 Å². The van der Waals surface area contributed by atoms with Gasteiger partial charge in [-0.1, -0.05) is 43.7 Å². The monoisotopic (exact) mass is 265 g/mol. The van der Waals surface area contributed by atoms with E-state index in [1.54, 1.807) is 0 Å². The summed E-state index contributed by atoms with van der Waals surface area (Å²) in [6, 6.07) is 17.9. The van der Waals surface area contributed by atoms with Gasteiger partial charge in [0.05, 0.1) is 11.6 Å². The van der Waals surface area contributed by atoms with Crippen LogP contribution in [-0.4, -0.2) is 0 Å². The SMILES string of the molecule is CCCCc1ccc(OCc2ccccc2C#N)cc1. The number of ether oxygens (including phenoxy) is 1. The minimum atomic E-state index is 0.429. The molecule has 0 saturated heterocycles. The number of hydrogen-bond acceptors (Lipinski definition) is 2. The molecule has 0 aromatic heterocycles. The van der Waals surface area contributed by atoms with Gasteiger partial charge < -0.3 is 4.74 Å². The first-order valence-corrected chi connectivity index (χ1v) is 7.03. The lowest BCUT2D eigenvalue weighted by molar-refractivity contribution is 0.306. The summed E-state index contributed by atoms with van der Waals surface area (Å²) in [7, 11) is 0. The van der Waals surface area contributed by atoms with Crippen LogP contribution in [0.15, 0.2) is 48.5 Å². The highest BCUT2D eigenvalue weighted by Crippen LogP contribution is 2.16. The number of aryl methyl sites for hydroxylation is 1. The molecule has 0 fully saturated rings. The molecular weight excluding hydrogens is 246 g/mol. The minimum Gasteiger partial charge on any atom is -0.489 e. The molecule has 102 valence electrons. The van der Waals surface area contributed by atoms with E-state index in [0.29, 0.717) is 12.2 Å². The molecule has 0 atom stereocenters. The maximum Gasteiger partial charge on any atom is 0.119 e. The van der Waals surface area contributed by atoms with Crippen LogP contribution in [0.1, 0.15) is 36.5 Å². The molecule has 0 aliphatic carbocycles. The van der Waals surface area contributed by atoms with Crippen molar-refractivity contribution in [2.75, 3.05) is 0 Å².